The van der Waals surface area contributed by atoms with E-state index in [4.69, 9.17) is 22.1 Å². The zero-order valence-corrected chi connectivity index (χ0v) is 11.2. The molecule has 5 nitrogen and oxygen atoms in total. The monoisotopic (exact) mass is 314 g/mol. The van der Waals surface area contributed by atoms with Gasteiger partial charge in [0.25, 0.3) is 0 Å². The molecule has 0 aliphatic heterocycles. The van der Waals surface area contributed by atoms with Gasteiger partial charge in [0.2, 0.25) is 5.75 Å². The molecule has 110 valence electrons. The molecule has 0 fully saturated rings. The van der Waals surface area contributed by atoms with Crippen molar-refractivity contribution < 1.29 is 18.4 Å². The molecule has 0 aromatic heterocycles. The first-order valence-electron chi connectivity index (χ1n) is 5.72. The van der Waals surface area contributed by atoms with Gasteiger partial charge < -0.3 is 10.5 Å². The zero-order valence-electron chi connectivity index (χ0n) is 10.5. The molecule has 0 radical (unpaired) electrons. The first-order chi connectivity index (χ1) is 9.92. The lowest BCUT2D eigenvalue weighted by Crippen LogP contribution is -2.01. The predicted molar refractivity (Wildman–Crippen MR) is 72.4 cm³/mol. The number of nitrogens with zero attached hydrogens (tertiary/aromatic N) is 1. The molecule has 0 bridgehead atoms. The van der Waals surface area contributed by atoms with Gasteiger partial charge in [-0.3, -0.25) is 10.1 Å². The van der Waals surface area contributed by atoms with Crippen molar-refractivity contribution in [1.82, 2.24) is 0 Å². The molecule has 0 saturated carbocycles. The van der Waals surface area contributed by atoms with E-state index in [-0.39, 0.29) is 22.9 Å². The number of rotatable bonds is 4. The third kappa shape index (κ3) is 3.26. The van der Waals surface area contributed by atoms with E-state index in [1.807, 2.05) is 0 Å². The molecule has 0 unspecified atom stereocenters. The minimum atomic E-state index is -1.00. The molecule has 0 atom stereocenters. The lowest BCUT2D eigenvalue weighted by molar-refractivity contribution is -0.385. The van der Waals surface area contributed by atoms with Crippen LogP contribution < -0.4 is 10.5 Å². The van der Waals surface area contributed by atoms with E-state index in [9.17, 15) is 18.9 Å². The van der Waals surface area contributed by atoms with Gasteiger partial charge in [-0.15, -0.1) is 0 Å². The Labute approximate surface area is 123 Å². The molecule has 0 heterocycles. The molecule has 0 aliphatic carbocycles. The Morgan fingerprint density at radius 2 is 1.86 bits per heavy atom. The highest BCUT2D eigenvalue weighted by Gasteiger charge is 2.20. The van der Waals surface area contributed by atoms with E-state index in [1.54, 1.807) is 0 Å². The first-order valence-corrected chi connectivity index (χ1v) is 6.10. The standard InChI is InChI=1S/C13H9ClF2N2O3/c14-8-1-2-12(11(5-8)18(19)20)21-13-9(15)3-7(6-17)4-10(13)16/h1-5H,6,17H2. The van der Waals surface area contributed by atoms with Crippen molar-refractivity contribution in [2.45, 2.75) is 6.54 Å². The van der Waals surface area contributed by atoms with Crippen LogP contribution in [0, 0.1) is 21.7 Å². The average Bonchev–Trinajstić information content (AvgIpc) is 2.43. The quantitative estimate of drug-likeness (QED) is 0.688. The van der Waals surface area contributed by atoms with Gasteiger partial charge in [-0.1, -0.05) is 11.6 Å². The van der Waals surface area contributed by atoms with Crippen LogP contribution in [-0.2, 0) is 6.54 Å². The van der Waals surface area contributed by atoms with Crippen molar-refractivity contribution in [3.63, 3.8) is 0 Å². The van der Waals surface area contributed by atoms with Crippen molar-refractivity contribution in [3.05, 3.63) is 62.7 Å². The number of nitro groups is 1. The maximum atomic E-state index is 13.8. The van der Waals surface area contributed by atoms with Crippen LogP contribution in [-0.4, -0.2) is 4.92 Å². The summed E-state index contributed by atoms with van der Waals surface area (Å²) in [4.78, 5) is 10.1. The zero-order chi connectivity index (χ0) is 15.6. The second-order valence-corrected chi connectivity index (χ2v) is 4.50. The second kappa shape index (κ2) is 6.02. The topological polar surface area (TPSA) is 78.4 Å². The molecule has 0 aliphatic rings. The molecular formula is C13H9ClF2N2O3. The van der Waals surface area contributed by atoms with Gasteiger partial charge in [-0.2, -0.15) is 0 Å². The fourth-order valence-corrected chi connectivity index (χ4v) is 1.82. The van der Waals surface area contributed by atoms with Crippen molar-refractivity contribution >= 4 is 17.3 Å². The van der Waals surface area contributed by atoms with E-state index < -0.39 is 28.0 Å². The summed E-state index contributed by atoms with van der Waals surface area (Å²) in [6, 6.07) is 5.51. The maximum Gasteiger partial charge on any atom is 0.313 e. The van der Waals surface area contributed by atoms with Crippen molar-refractivity contribution in [1.29, 1.82) is 0 Å². The summed E-state index contributed by atoms with van der Waals surface area (Å²) in [6.45, 7) is -0.0464. The van der Waals surface area contributed by atoms with Gasteiger partial charge in [0.1, 0.15) is 0 Å². The highest BCUT2D eigenvalue weighted by Crippen LogP contribution is 2.35. The number of hydrogen-bond acceptors (Lipinski definition) is 4. The number of hydrogen-bond donors (Lipinski definition) is 1. The molecule has 2 rings (SSSR count). The van der Waals surface area contributed by atoms with E-state index >= 15 is 0 Å². The predicted octanol–water partition coefficient (Wildman–Crippen LogP) is 3.78. The third-order valence-electron chi connectivity index (χ3n) is 2.62. The number of nitrogens with two attached hydrogens (primary N) is 1. The van der Waals surface area contributed by atoms with Crippen LogP contribution in [0.3, 0.4) is 0 Å². The summed E-state index contributed by atoms with van der Waals surface area (Å²) < 4.78 is 32.6. The smallest absolute Gasteiger partial charge is 0.313 e. The molecule has 2 N–H and O–H groups in total. The fraction of sp³-hybridized carbons (Fsp3) is 0.0769. The summed E-state index contributed by atoms with van der Waals surface area (Å²) in [5.74, 6) is -3.06. The Kier molecular flexibility index (Phi) is 4.35. The van der Waals surface area contributed by atoms with Crippen LogP contribution in [0.5, 0.6) is 11.5 Å². The highest BCUT2D eigenvalue weighted by atomic mass is 35.5. The fourth-order valence-electron chi connectivity index (χ4n) is 1.66. The van der Waals surface area contributed by atoms with Crippen LogP contribution in [0.25, 0.3) is 0 Å². The van der Waals surface area contributed by atoms with Crippen LogP contribution in [0.1, 0.15) is 5.56 Å². The summed E-state index contributed by atoms with van der Waals surface area (Å²) >= 11 is 5.64. The molecule has 2 aromatic rings. The van der Waals surface area contributed by atoms with Gasteiger partial charge in [0.15, 0.2) is 17.4 Å². The van der Waals surface area contributed by atoms with Gasteiger partial charge >= 0.3 is 5.69 Å². The van der Waals surface area contributed by atoms with Gasteiger partial charge in [0.05, 0.1) is 4.92 Å². The van der Waals surface area contributed by atoms with Crippen LogP contribution in [0.4, 0.5) is 14.5 Å². The second-order valence-electron chi connectivity index (χ2n) is 4.06. The van der Waals surface area contributed by atoms with Gasteiger partial charge in [0, 0.05) is 17.6 Å². The normalized spacial score (nSPS) is 10.5. The minimum Gasteiger partial charge on any atom is -0.444 e. The largest absolute Gasteiger partial charge is 0.444 e. The van der Waals surface area contributed by atoms with Crippen LogP contribution in [0.2, 0.25) is 5.02 Å². The molecule has 2 aromatic carbocycles. The average molecular weight is 315 g/mol. The van der Waals surface area contributed by atoms with E-state index in [1.165, 1.54) is 6.07 Å². The van der Waals surface area contributed by atoms with Crippen LogP contribution in [0.15, 0.2) is 30.3 Å². The Bertz CT molecular complexity index is 687. The van der Waals surface area contributed by atoms with Crippen molar-refractivity contribution in [3.8, 4) is 11.5 Å². The minimum absolute atomic E-state index is 0.0464. The van der Waals surface area contributed by atoms with E-state index in [0.29, 0.717) is 0 Å². The summed E-state index contributed by atoms with van der Waals surface area (Å²) in [5.41, 5.74) is 5.04. The molecule has 0 amide bonds. The van der Waals surface area contributed by atoms with Crippen LogP contribution >= 0.6 is 11.6 Å². The number of nitro benzene ring substituents is 1. The Balaban J connectivity index is 2.46. The Morgan fingerprint density at radius 1 is 1.24 bits per heavy atom. The molecule has 0 saturated heterocycles. The van der Waals surface area contributed by atoms with E-state index in [0.717, 1.165) is 24.3 Å². The first kappa shape index (κ1) is 15.1. The summed E-state index contributed by atoms with van der Waals surface area (Å²) in [7, 11) is 0. The Morgan fingerprint density at radius 3 is 2.38 bits per heavy atom. The maximum absolute atomic E-state index is 13.8. The Hall–Kier alpha value is -2.25. The number of benzene rings is 2. The van der Waals surface area contributed by atoms with Crippen molar-refractivity contribution in [2.75, 3.05) is 0 Å². The van der Waals surface area contributed by atoms with Gasteiger partial charge in [-0.25, -0.2) is 8.78 Å². The molecule has 21 heavy (non-hydrogen) atoms. The highest BCUT2D eigenvalue weighted by molar-refractivity contribution is 6.30. The lowest BCUT2D eigenvalue weighted by atomic mass is 10.2. The molecule has 8 heteroatoms. The summed E-state index contributed by atoms with van der Waals surface area (Å²) in [5, 5.41) is 11.0. The SMILES string of the molecule is NCc1cc(F)c(Oc2ccc(Cl)cc2[N+](=O)[O-])c(F)c1. The number of halogens is 3. The lowest BCUT2D eigenvalue weighted by Gasteiger charge is -2.09. The molecular weight excluding hydrogens is 306 g/mol. The number of ether oxygens (including phenoxy) is 1. The third-order valence-corrected chi connectivity index (χ3v) is 2.86. The van der Waals surface area contributed by atoms with E-state index in [2.05, 4.69) is 0 Å². The van der Waals surface area contributed by atoms with Crippen molar-refractivity contribution in [2.24, 2.45) is 5.73 Å². The summed E-state index contributed by atoms with van der Waals surface area (Å²) in [6.07, 6.45) is 0. The van der Waals surface area contributed by atoms with Gasteiger partial charge in [-0.05, 0) is 29.8 Å². The molecule has 0 spiro atoms.